The maximum atomic E-state index is 5.93. The van der Waals surface area contributed by atoms with Crippen molar-refractivity contribution in [3.05, 3.63) is 35.4 Å². The minimum Gasteiger partial charge on any atom is -0.327 e. The summed E-state index contributed by atoms with van der Waals surface area (Å²) in [5.74, 6) is 5.87. The maximum Gasteiger partial charge on any atom is 0.0244 e. The number of benzene rings is 1. The monoisotopic (exact) mass is 187 g/mol. The third-order valence-electron chi connectivity index (χ3n) is 2.16. The van der Waals surface area contributed by atoms with Gasteiger partial charge in [0.1, 0.15) is 0 Å². The number of nitrogens with two attached hydrogens (primary N) is 1. The van der Waals surface area contributed by atoms with Gasteiger partial charge in [0.15, 0.2) is 0 Å². The first-order valence-electron chi connectivity index (χ1n) is 4.93. The van der Waals surface area contributed by atoms with Gasteiger partial charge in [-0.15, -0.1) is 11.8 Å². The van der Waals surface area contributed by atoms with Crippen molar-refractivity contribution < 1.29 is 0 Å². The molecule has 2 N–H and O–H groups in total. The molecule has 1 unspecified atom stereocenters. The highest BCUT2D eigenvalue weighted by Crippen LogP contribution is 2.06. The Kier molecular flexibility index (Phi) is 4.22. The first kappa shape index (κ1) is 10.8. The quantitative estimate of drug-likeness (QED) is 0.722. The lowest BCUT2D eigenvalue weighted by Gasteiger charge is -2.07. The number of rotatable bonds is 3. The Balaban J connectivity index is 2.50. The van der Waals surface area contributed by atoms with Gasteiger partial charge in [-0.05, 0) is 25.8 Å². The van der Waals surface area contributed by atoms with Gasteiger partial charge in [-0.3, -0.25) is 0 Å². The second kappa shape index (κ2) is 5.47. The molecule has 0 heterocycles. The van der Waals surface area contributed by atoms with Crippen molar-refractivity contribution in [1.82, 2.24) is 0 Å². The Morgan fingerprint density at radius 3 is 2.50 bits per heavy atom. The van der Waals surface area contributed by atoms with E-state index in [4.69, 9.17) is 5.73 Å². The molecule has 74 valence electrons. The summed E-state index contributed by atoms with van der Waals surface area (Å²) in [6.07, 6.45) is 1.69. The summed E-state index contributed by atoms with van der Waals surface area (Å²) in [7, 11) is 0. The average molecular weight is 187 g/mol. The van der Waals surface area contributed by atoms with E-state index in [0.717, 1.165) is 12.8 Å². The van der Waals surface area contributed by atoms with Crippen LogP contribution in [0.5, 0.6) is 0 Å². The molecule has 1 aromatic rings. The SMILES string of the molecule is CC#CCC(N)Cc1ccc(C)cc1. The third-order valence-corrected chi connectivity index (χ3v) is 2.16. The highest BCUT2D eigenvalue weighted by Gasteiger charge is 2.01. The molecule has 0 fully saturated rings. The summed E-state index contributed by atoms with van der Waals surface area (Å²) in [6.45, 7) is 3.94. The standard InChI is InChI=1S/C13H17N/c1-3-4-5-13(14)10-12-8-6-11(2)7-9-12/h6-9,13H,5,10,14H2,1-2H3. The molecule has 0 aromatic heterocycles. The van der Waals surface area contributed by atoms with Gasteiger partial charge in [0.05, 0.1) is 0 Å². The molecule has 1 nitrogen and oxygen atoms in total. The van der Waals surface area contributed by atoms with E-state index < -0.39 is 0 Å². The molecule has 0 amide bonds. The smallest absolute Gasteiger partial charge is 0.0244 e. The van der Waals surface area contributed by atoms with Gasteiger partial charge >= 0.3 is 0 Å². The Labute approximate surface area is 86.3 Å². The minimum absolute atomic E-state index is 0.158. The zero-order valence-corrected chi connectivity index (χ0v) is 8.88. The molecule has 1 heteroatoms. The largest absolute Gasteiger partial charge is 0.327 e. The fourth-order valence-corrected chi connectivity index (χ4v) is 1.33. The molecule has 0 radical (unpaired) electrons. The van der Waals surface area contributed by atoms with Gasteiger partial charge in [0.25, 0.3) is 0 Å². The van der Waals surface area contributed by atoms with Crippen molar-refractivity contribution in [2.45, 2.75) is 32.7 Å². The van der Waals surface area contributed by atoms with Crippen LogP contribution in [-0.2, 0) is 6.42 Å². The van der Waals surface area contributed by atoms with E-state index in [1.165, 1.54) is 11.1 Å². The molecule has 0 saturated heterocycles. The van der Waals surface area contributed by atoms with Crippen molar-refractivity contribution >= 4 is 0 Å². The molecule has 0 bridgehead atoms. The zero-order valence-electron chi connectivity index (χ0n) is 8.88. The van der Waals surface area contributed by atoms with Crippen LogP contribution in [0, 0.1) is 18.8 Å². The molecule has 1 rings (SSSR count). The van der Waals surface area contributed by atoms with Crippen molar-refractivity contribution in [3.8, 4) is 11.8 Å². The highest BCUT2D eigenvalue weighted by molar-refractivity contribution is 5.22. The summed E-state index contributed by atoms with van der Waals surface area (Å²) in [4.78, 5) is 0. The van der Waals surface area contributed by atoms with Crippen molar-refractivity contribution in [3.63, 3.8) is 0 Å². The molecule has 0 aliphatic rings. The lowest BCUT2D eigenvalue weighted by Crippen LogP contribution is -2.21. The van der Waals surface area contributed by atoms with E-state index in [0.29, 0.717) is 0 Å². The molecular formula is C13H17N. The van der Waals surface area contributed by atoms with E-state index >= 15 is 0 Å². The van der Waals surface area contributed by atoms with E-state index in [1.54, 1.807) is 0 Å². The van der Waals surface area contributed by atoms with Crippen molar-refractivity contribution in [1.29, 1.82) is 0 Å². The Bertz CT molecular complexity index is 326. The van der Waals surface area contributed by atoms with Gasteiger partial charge in [0, 0.05) is 12.5 Å². The Morgan fingerprint density at radius 1 is 1.29 bits per heavy atom. The van der Waals surface area contributed by atoms with E-state index in [-0.39, 0.29) is 6.04 Å². The molecular weight excluding hydrogens is 170 g/mol. The van der Waals surface area contributed by atoms with Crippen LogP contribution in [0.1, 0.15) is 24.5 Å². The molecule has 0 aliphatic carbocycles. The Morgan fingerprint density at radius 2 is 1.93 bits per heavy atom. The van der Waals surface area contributed by atoms with Gasteiger partial charge < -0.3 is 5.73 Å². The summed E-state index contributed by atoms with van der Waals surface area (Å²) < 4.78 is 0. The van der Waals surface area contributed by atoms with Crippen LogP contribution >= 0.6 is 0 Å². The fraction of sp³-hybridized carbons (Fsp3) is 0.385. The summed E-state index contributed by atoms with van der Waals surface area (Å²) in [6, 6.07) is 8.66. The summed E-state index contributed by atoms with van der Waals surface area (Å²) >= 11 is 0. The molecule has 0 spiro atoms. The topological polar surface area (TPSA) is 26.0 Å². The molecule has 1 atom stereocenters. The first-order valence-corrected chi connectivity index (χ1v) is 4.93. The number of hydrogen-bond donors (Lipinski definition) is 1. The average Bonchev–Trinajstić information content (AvgIpc) is 2.18. The second-order valence-corrected chi connectivity index (χ2v) is 3.58. The van der Waals surface area contributed by atoms with Gasteiger partial charge in [-0.1, -0.05) is 29.8 Å². The van der Waals surface area contributed by atoms with E-state index in [9.17, 15) is 0 Å². The van der Waals surface area contributed by atoms with Crippen LogP contribution in [0.15, 0.2) is 24.3 Å². The minimum atomic E-state index is 0.158. The number of aryl methyl sites for hydroxylation is 1. The zero-order chi connectivity index (χ0) is 10.4. The van der Waals surface area contributed by atoms with Gasteiger partial charge in [-0.25, -0.2) is 0 Å². The predicted octanol–water partition coefficient (Wildman–Crippen LogP) is 2.28. The fourth-order valence-electron chi connectivity index (χ4n) is 1.33. The normalized spacial score (nSPS) is 11.6. The Hall–Kier alpha value is -1.26. The molecule has 1 aromatic carbocycles. The third kappa shape index (κ3) is 3.64. The molecule has 0 aliphatic heterocycles. The van der Waals surface area contributed by atoms with Crippen molar-refractivity contribution in [2.24, 2.45) is 5.73 Å². The van der Waals surface area contributed by atoms with E-state index in [1.807, 2.05) is 6.92 Å². The highest BCUT2D eigenvalue weighted by atomic mass is 14.6. The molecule has 14 heavy (non-hydrogen) atoms. The predicted molar refractivity (Wildman–Crippen MR) is 60.9 cm³/mol. The van der Waals surface area contributed by atoms with Gasteiger partial charge in [0.2, 0.25) is 0 Å². The second-order valence-electron chi connectivity index (χ2n) is 3.58. The van der Waals surface area contributed by atoms with Crippen molar-refractivity contribution in [2.75, 3.05) is 0 Å². The number of hydrogen-bond acceptors (Lipinski definition) is 1. The van der Waals surface area contributed by atoms with Gasteiger partial charge in [-0.2, -0.15) is 0 Å². The summed E-state index contributed by atoms with van der Waals surface area (Å²) in [5, 5.41) is 0. The van der Waals surface area contributed by atoms with Crippen LogP contribution in [0.3, 0.4) is 0 Å². The van der Waals surface area contributed by atoms with Crippen LogP contribution in [0.4, 0.5) is 0 Å². The summed E-state index contributed by atoms with van der Waals surface area (Å²) in [5.41, 5.74) is 8.51. The van der Waals surface area contributed by atoms with Crippen LogP contribution < -0.4 is 5.73 Å². The van der Waals surface area contributed by atoms with E-state index in [2.05, 4.69) is 43.0 Å². The lowest BCUT2D eigenvalue weighted by atomic mass is 10.0. The van der Waals surface area contributed by atoms with Crippen LogP contribution in [0.2, 0.25) is 0 Å². The van der Waals surface area contributed by atoms with Crippen LogP contribution in [0.25, 0.3) is 0 Å². The molecule has 0 saturated carbocycles. The van der Waals surface area contributed by atoms with Crippen LogP contribution in [-0.4, -0.2) is 6.04 Å². The lowest BCUT2D eigenvalue weighted by molar-refractivity contribution is 0.689. The maximum absolute atomic E-state index is 5.93. The first-order chi connectivity index (χ1) is 6.72.